The molecular formula is C22H30N4O2. The number of piperidine rings is 1. The molecule has 0 radical (unpaired) electrons. The quantitative estimate of drug-likeness (QED) is 0.834. The van der Waals surface area contributed by atoms with Crippen LogP contribution < -0.4 is 10.5 Å². The van der Waals surface area contributed by atoms with Crippen molar-refractivity contribution in [1.82, 2.24) is 14.9 Å². The van der Waals surface area contributed by atoms with Crippen molar-refractivity contribution >= 4 is 11.6 Å². The van der Waals surface area contributed by atoms with Crippen molar-refractivity contribution in [3.05, 3.63) is 57.3 Å². The largest absolute Gasteiger partial charge is 0.372 e. The molecule has 28 heavy (non-hydrogen) atoms. The molecule has 1 aromatic carbocycles. The number of amides is 1. The molecule has 1 aromatic heterocycles. The Labute approximate surface area is 166 Å². The molecule has 150 valence electrons. The van der Waals surface area contributed by atoms with Crippen molar-refractivity contribution < 1.29 is 4.79 Å². The third-order valence-corrected chi connectivity index (χ3v) is 5.43. The van der Waals surface area contributed by atoms with Crippen LogP contribution in [0.15, 0.2) is 29.1 Å². The van der Waals surface area contributed by atoms with Gasteiger partial charge < -0.3 is 14.8 Å². The van der Waals surface area contributed by atoms with E-state index in [2.05, 4.69) is 39.1 Å². The Hall–Kier alpha value is -2.63. The van der Waals surface area contributed by atoms with E-state index in [1.54, 1.807) is 11.8 Å². The van der Waals surface area contributed by atoms with Crippen LogP contribution in [0, 0.1) is 13.8 Å². The van der Waals surface area contributed by atoms with Gasteiger partial charge in [-0.3, -0.25) is 9.59 Å². The molecule has 1 N–H and O–H groups in total. The van der Waals surface area contributed by atoms with Gasteiger partial charge in [-0.05, 0) is 57.2 Å². The summed E-state index contributed by atoms with van der Waals surface area (Å²) in [5.74, 6) is 0.627. The van der Waals surface area contributed by atoms with Gasteiger partial charge in [-0.1, -0.05) is 12.1 Å². The van der Waals surface area contributed by atoms with Crippen LogP contribution in [-0.4, -0.2) is 40.9 Å². The number of anilines is 1. The first-order chi connectivity index (χ1) is 13.4. The maximum Gasteiger partial charge on any atom is 0.254 e. The van der Waals surface area contributed by atoms with Gasteiger partial charge in [0, 0.05) is 50.0 Å². The summed E-state index contributed by atoms with van der Waals surface area (Å²) in [4.78, 5) is 35.7. The molecule has 2 aromatic rings. The number of aromatic amines is 1. The predicted molar refractivity (Wildman–Crippen MR) is 112 cm³/mol. The van der Waals surface area contributed by atoms with Crippen LogP contribution in [0.4, 0.5) is 5.69 Å². The number of carbonyl (C=O) groups excluding carboxylic acids is 1. The molecule has 6 nitrogen and oxygen atoms in total. The number of H-pyrrole nitrogens is 1. The molecule has 6 heteroatoms. The number of hydrogen-bond donors (Lipinski definition) is 1. The molecular weight excluding hydrogens is 352 g/mol. The van der Waals surface area contributed by atoms with Gasteiger partial charge in [0.05, 0.1) is 0 Å². The third-order valence-electron chi connectivity index (χ3n) is 5.43. The van der Waals surface area contributed by atoms with E-state index in [0.717, 1.165) is 18.7 Å². The Morgan fingerprint density at radius 2 is 1.82 bits per heavy atom. The molecule has 2 heterocycles. The van der Waals surface area contributed by atoms with E-state index in [4.69, 9.17) is 0 Å². The monoisotopic (exact) mass is 382 g/mol. The average Bonchev–Trinajstić information content (AvgIpc) is 2.68. The number of rotatable bonds is 6. The summed E-state index contributed by atoms with van der Waals surface area (Å²) in [6.45, 7) is 6.40. The lowest BCUT2D eigenvalue weighted by Gasteiger charge is -2.29. The number of aryl methyl sites for hydroxylation is 2. The number of hydrogen-bond acceptors (Lipinski definition) is 4. The molecule has 0 bridgehead atoms. The molecule has 0 atom stereocenters. The van der Waals surface area contributed by atoms with E-state index in [-0.39, 0.29) is 11.5 Å². The molecule has 0 unspecified atom stereocenters. The van der Waals surface area contributed by atoms with Gasteiger partial charge in [0.2, 0.25) is 5.91 Å². The fourth-order valence-corrected chi connectivity index (χ4v) is 3.79. The van der Waals surface area contributed by atoms with Crippen molar-refractivity contribution in [3.63, 3.8) is 0 Å². The zero-order valence-electron chi connectivity index (χ0n) is 17.1. The highest BCUT2D eigenvalue weighted by molar-refractivity contribution is 5.76. The number of aromatic nitrogens is 2. The Balaban J connectivity index is 1.55. The summed E-state index contributed by atoms with van der Waals surface area (Å²) in [7, 11) is 1.81. The highest BCUT2D eigenvalue weighted by Gasteiger charge is 2.14. The average molecular weight is 383 g/mol. The van der Waals surface area contributed by atoms with Gasteiger partial charge in [0.1, 0.15) is 5.82 Å². The second-order valence-electron chi connectivity index (χ2n) is 7.68. The topological polar surface area (TPSA) is 69.3 Å². The van der Waals surface area contributed by atoms with Crippen molar-refractivity contribution in [3.8, 4) is 0 Å². The third kappa shape index (κ3) is 5.00. The van der Waals surface area contributed by atoms with Crippen LogP contribution in [-0.2, 0) is 17.8 Å². The molecule has 0 saturated carbocycles. The predicted octanol–water partition coefficient (Wildman–Crippen LogP) is 2.97. The summed E-state index contributed by atoms with van der Waals surface area (Å²) in [6.07, 6.45) is 4.56. The van der Waals surface area contributed by atoms with Gasteiger partial charge in [-0.25, -0.2) is 4.98 Å². The second-order valence-corrected chi connectivity index (χ2v) is 7.68. The standard InChI is InChI=1S/C22H30N4O2/c1-16-20(22(28)24-17(2)23-16)11-12-21(27)25(3)15-18-7-9-19(10-8-18)26-13-5-4-6-14-26/h7-10H,4-6,11-15H2,1-3H3,(H,23,24,28). The van der Waals surface area contributed by atoms with Gasteiger partial charge in [0.25, 0.3) is 5.56 Å². The van der Waals surface area contributed by atoms with E-state index >= 15 is 0 Å². The van der Waals surface area contributed by atoms with E-state index in [1.165, 1.54) is 24.9 Å². The van der Waals surface area contributed by atoms with Crippen LogP contribution in [0.25, 0.3) is 0 Å². The Morgan fingerprint density at radius 1 is 1.14 bits per heavy atom. The molecule has 0 spiro atoms. The number of carbonyl (C=O) groups is 1. The maximum absolute atomic E-state index is 12.5. The lowest BCUT2D eigenvalue weighted by atomic mass is 10.1. The molecule has 1 amide bonds. The first-order valence-corrected chi connectivity index (χ1v) is 10.1. The Morgan fingerprint density at radius 3 is 2.46 bits per heavy atom. The molecule has 1 fully saturated rings. The van der Waals surface area contributed by atoms with Crippen LogP contribution in [0.1, 0.15) is 48.3 Å². The Bertz CT molecular complexity index is 867. The fourth-order valence-electron chi connectivity index (χ4n) is 3.79. The maximum atomic E-state index is 12.5. The first kappa shape index (κ1) is 20.1. The van der Waals surface area contributed by atoms with Crippen molar-refractivity contribution in [1.29, 1.82) is 0 Å². The summed E-state index contributed by atoms with van der Waals surface area (Å²) in [5.41, 5.74) is 3.53. The minimum absolute atomic E-state index is 0.0273. The minimum Gasteiger partial charge on any atom is -0.372 e. The lowest BCUT2D eigenvalue weighted by Crippen LogP contribution is -2.29. The molecule has 1 aliphatic rings. The highest BCUT2D eigenvalue weighted by atomic mass is 16.2. The van der Waals surface area contributed by atoms with Crippen molar-refractivity contribution in [2.45, 2.75) is 52.5 Å². The molecule has 1 saturated heterocycles. The SMILES string of the molecule is Cc1nc(C)c(CCC(=O)N(C)Cc2ccc(N3CCCCC3)cc2)c(=O)[nH]1. The summed E-state index contributed by atoms with van der Waals surface area (Å²) in [6, 6.07) is 8.51. The van der Waals surface area contributed by atoms with E-state index in [9.17, 15) is 9.59 Å². The lowest BCUT2D eigenvalue weighted by molar-refractivity contribution is -0.130. The Kier molecular flexibility index (Phi) is 6.49. The van der Waals surface area contributed by atoms with Gasteiger partial charge in [-0.2, -0.15) is 0 Å². The zero-order valence-corrected chi connectivity index (χ0v) is 17.1. The molecule has 1 aliphatic heterocycles. The summed E-state index contributed by atoms with van der Waals surface area (Å²) < 4.78 is 0. The van der Waals surface area contributed by atoms with Crippen LogP contribution in [0.3, 0.4) is 0 Å². The van der Waals surface area contributed by atoms with Gasteiger partial charge in [0.15, 0.2) is 0 Å². The molecule has 0 aliphatic carbocycles. The van der Waals surface area contributed by atoms with Crippen LogP contribution in [0.2, 0.25) is 0 Å². The minimum atomic E-state index is -0.145. The normalized spacial score (nSPS) is 14.2. The smallest absolute Gasteiger partial charge is 0.254 e. The second kappa shape index (κ2) is 9.04. The number of nitrogens with one attached hydrogen (secondary N) is 1. The summed E-state index contributed by atoms with van der Waals surface area (Å²) in [5, 5.41) is 0. The molecule has 3 rings (SSSR count). The van der Waals surface area contributed by atoms with Crippen molar-refractivity contribution in [2.24, 2.45) is 0 Å². The van der Waals surface area contributed by atoms with E-state index < -0.39 is 0 Å². The highest BCUT2D eigenvalue weighted by Crippen LogP contribution is 2.20. The van der Waals surface area contributed by atoms with Gasteiger partial charge >= 0.3 is 0 Å². The number of benzene rings is 1. The first-order valence-electron chi connectivity index (χ1n) is 10.1. The van der Waals surface area contributed by atoms with Crippen LogP contribution in [0.5, 0.6) is 0 Å². The van der Waals surface area contributed by atoms with Crippen LogP contribution >= 0.6 is 0 Å². The van der Waals surface area contributed by atoms with Gasteiger partial charge in [-0.15, -0.1) is 0 Å². The zero-order chi connectivity index (χ0) is 20.1. The van der Waals surface area contributed by atoms with Crippen molar-refractivity contribution in [2.75, 3.05) is 25.0 Å². The summed E-state index contributed by atoms with van der Waals surface area (Å²) >= 11 is 0. The number of nitrogens with zero attached hydrogens (tertiary/aromatic N) is 3. The fraction of sp³-hybridized carbons (Fsp3) is 0.500. The van der Waals surface area contributed by atoms with E-state index in [0.29, 0.717) is 36.5 Å². The van der Waals surface area contributed by atoms with E-state index in [1.807, 2.05) is 14.0 Å².